The quantitative estimate of drug-likeness (QED) is 0.569. The molecule has 1 N–H and O–H groups in total. The third kappa shape index (κ3) is 5.33. The predicted molar refractivity (Wildman–Crippen MR) is 124 cm³/mol. The van der Waals surface area contributed by atoms with E-state index < -0.39 is 10.0 Å². The van der Waals surface area contributed by atoms with E-state index in [2.05, 4.69) is 15.2 Å². The molecule has 0 aliphatic carbocycles. The normalized spacial score (nSPS) is 15.4. The molecule has 0 unspecified atom stereocenters. The van der Waals surface area contributed by atoms with Crippen LogP contribution in [0.25, 0.3) is 0 Å². The van der Waals surface area contributed by atoms with Crippen molar-refractivity contribution in [1.82, 2.24) is 14.2 Å². The Labute approximate surface area is 191 Å². The Bertz CT molecular complexity index is 1170. The number of rotatable bonds is 7. The van der Waals surface area contributed by atoms with E-state index in [-0.39, 0.29) is 10.8 Å². The van der Waals surface area contributed by atoms with E-state index in [1.807, 2.05) is 12.4 Å². The fraction of sp³-hybridized carbons (Fsp3) is 0.273. The first-order chi connectivity index (χ1) is 15.4. The van der Waals surface area contributed by atoms with Gasteiger partial charge in [0.05, 0.1) is 16.1 Å². The molecule has 0 bridgehead atoms. The third-order valence-corrected chi connectivity index (χ3v) is 7.69. The molecule has 1 aliphatic heterocycles. The van der Waals surface area contributed by atoms with Gasteiger partial charge in [0.15, 0.2) is 0 Å². The number of aromatic nitrogens is 1. The van der Waals surface area contributed by atoms with Crippen molar-refractivity contribution in [3.8, 4) is 5.75 Å². The Morgan fingerprint density at radius 1 is 1.12 bits per heavy atom. The maximum absolute atomic E-state index is 13.0. The Morgan fingerprint density at radius 3 is 2.66 bits per heavy atom. The largest absolute Gasteiger partial charge is 0.487 e. The third-order valence-electron chi connectivity index (χ3n) is 5.16. The molecule has 32 heavy (non-hydrogen) atoms. The molecule has 8 nitrogen and oxygen atoms in total. The van der Waals surface area contributed by atoms with Crippen molar-refractivity contribution in [3.05, 3.63) is 70.7 Å². The summed E-state index contributed by atoms with van der Waals surface area (Å²) in [7, 11) is -1.64. The van der Waals surface area contributed by atoms with E-state index in [4.69, 9.17) is 4.74 Å². The minimum absolute atomic E-state index is 0.167. The SMILES string of the molecule is CN1CCN(S(=O)(=O)c2cccc(NC(=O)c3cccc(OCc4cscn4)c3)c2)CC1. The average Bonchev–Trinajstić information content (AvgIpc) is 3.32. The molecule has 1 aliphatic rings. The number of carbonyl (C=O) groups is 1. The summed E-state index contributed by atoms with van der Waals surface area (Å²) in [5, 5.41) is 4.68. The van der Waals surface area contributed by atoms with Gasteiger partial charge in [0.1, 0.15) is 12.4 Å². The monoisotopic (exact) mass is 472 g/mol. The van der Waals surface area contributed by atoms with E-state index in [0.29, 0.717) is 49.8 Å². The van der Waals surface area contributed by atoms with Crippen LogP contribution < -0.4 is 10.1 Å². The molecule has 1 aromatic heterocycles. The van der Waals surface area contributed by atoms with Crippen LogP contribution in [0, 0.1) is 0 Å². The van der Waals surface area contributed by atoms with Gasteiger partial charge in [-0.2, -0.15) is 4.31 Å². The smallest absolute Gasteiger partial charge is 0.255 e. The number of hydrogen-bond acceptors (Lipinski definition) is 7. The second-order valence-corrected chi connectivity index (χ2v) is 10.1. The van der Waals surface area contributed by atoms with Crippen LogP contribution in [0.2, 0.25) is 0 Å². The number of benzene rings is 2. The number of amides is 1. The van der Waals surface area contributed by atoms with Gasteiger partial charge in [0, 0.05) is 42.8 Å². The fourth-order valence-electron chi connectivity index (χ4n) is 3.31. The Hall–Kier alpha value is -2.79. The zero-order valence-corrected chi connectivity index (χ0v) is 19.2. The summed E-state index contributed by atoms with van der Waals surface area (Å²) in [4.78, 5) is 19.2. The van der Waals surface area contributed by atoms with Crippen molar-refractivity contribution in [2.75, 3.05) is 38.5 Å². The van der Waals surface area contributed by atoms with Crippen LogP contribution in [0.5, 0.6) is 5.75 Å². The van der Waals surface area contributed by atoms with E-state index in [1.165, 1.54) is 21.7 Å². The van der Waals surface area contributed by atoms with Gasteiger partial charge in [-0.25, -0.2) is 13.4 Å². The van der Waals surface area contributed by atoms with Crippen LogP contribution in [-0.4, -0.2) is 61.7 Å². The predicted octanol–water partition coefficient (Wildman–Crippen LogP) is 2.91. The molecule has 10 heteroatoms. The van der Waals surface area contributed by atoms with E-state index >= 15 is 0 Å². The van der Waals surface area contributed by atoms with Crippen LogP contribution in [0.15, 0.2) is 64.3 Å². The summed E-state index contributed by atoms with van der Waals surface area (Å²) in [6.07, 6.45) is 0. The minimum atomic E-state index is -3.61. The minimum Gasteiger partial charge on any atom is -0.487 e. The lowest BCUT2D eigenvalue weighted by molar-refractivity contribution is 0.102. The van der Waals surface area contributed by atoms with Gasteiger partial charge in [-0.1, -0.05) is 12.1 Å². The van der Waals surface area contributed by atoms with Crippen molar-refractivity contribution in [2.24, 2.45) is 0 Å². The molecule has 0 saturated carbocycles. The number of carbonyl (C=O) groups excluding carboxylic acids is 1. The topological polar surface area (TPSA) is 91.8 Å². The second kappa shape index (κ2) is 9.78. The lowest BCUT2D eigenvalue weighted by atomic mass is 10.2. The maximum atomic E-state index is 13.0. The average molecular weight is 473 g/mol. The second-order valence-electron chi connectivity index (χ2n) is 7.49. The first-order valence-electron chi connectivity index (χ1n) is 10.1. The van der Waals surface area contributed by atoms with Crippen LogP contribution in [-0.2, 0) is 16.6 Å². The number of thiazole rings is 1. The summed E-state index contributed by atoms with van der Waals surface area (Å²) in [5.41, 5.74) is 3.39. The molecule has 0 spiro atoms. The number of hydrogen-bond donors (Lipinski definition) is 1. The van der Waals surface area contributed by atoms with Gasteiger partial charge in [0.2, 0.25) is 10.0 Å². The summed E-state index contributed by atoms with van der Waals surface area (Å²) in [6, 6.07) is 13.2. The van der Waals surface area contributed by atoms with Gasteiger partial charge in [0.25, 0.3) is 5.91 Å². The van der Waals surface area contributed by atoms with Crippen molar-refractivity contribution in [2.45, 2.75) is 11.5 Å². The van der Waals surface area contributed by atoms with Crippen molar-refractivity contribution in [1.29, 1.82) is 0 Å². The molecule has 3 aromatic rings. The number of sulfonamides is 1. The molecular formula is C22H24N4O4S2. The highest BCUT2D eigenvalue weighted by Gasteiger charge is 2.27. The molecule has 4 rings (SSSR count). The van der Waals surface area contributed by atoms with Crippen LogP contribution in [0.3, 0.4) is 0 Å². The van der Waals surface area contributed by atoms with Gasteiger partial charge in [-0.3, -0.25) is 4.79 Å². The zero-order valence-electron chi connectivity index (χ0n) is 17.6. The molecule has 2 heterocycles. The highest BCUT2D eigenvalue weighted by atomic mass is 32.2. The van der Waals surface area contributed by atoms with Crippen LogP contribution >= 0.6 is 11.3 Å². The van der Waals surface area contributed by atoms with E-state index in [1.54, 1.807) is 48.0 Å². The van der Waals surface area contributed by atoms with E-state index in [9.17, 15) is 13.2 Å². The first-order valence-corrected chi connectivity index (χ1v) is 12.5. The maximum Gasteiger partial charge on any atom is 0.255 e. The van der Waals surface area contributed by atoms with Crippen molar-refractivity contribution < 1.29 is 17.9 Å². The molecule has 1 amide bonds. The summed E-state index contributed by atoms with van der Waals surface area (Å²) < 4.78 is 33.2. The lowest BCUT2D eigenvalue weighted by Gasteiger charge is -2.31. The van der Waals surface area contributed by atoms with Gasteiger partial charge in [-0.05, 0) is 43.4 Å². The Morgan fingerprint density at radius 2 is 1.91 bits per heavy atom. The lowest BCUT2D eigenvalue weighted by Crippen LogP contribution is -2.47. The molecule has 0 radical (unpaired) electrons. The zero-order chi connectivity index (χ0) is 22.6. The molecule has 1 saturated heterocycles. The Kier molecular flexibility index (Phi) is 6.85. The summed E-state index contributed by atoms with van der Waals surface area (Å²) in [5.74, 6) is 0.204. The Balaban J connectivity index is 1.44. The number of nitrogens with one attached hydrogen (secondary N) is 1. The van der Waals surface area contributed by atoms with Crippen molar-refractivity contribution >= 4 is 33.0 Å². The highest BCUT2D eigenvalue weighted by Crippen LogP contribution is 2.22. The number of likely N-dealkylation sites (N-methyl/N-ethyl adjacent to an activating group) is 1. The van der Waals surface area contributed by atoms with Gasteiger partial charge >= 0.3 is 0 Å². The molecule has 168 valence electrons. The van der Waals surface area contributed by atoms with E-state index in [0.717, 1.165) is 5.69 Å². The van der Waals surface area contributed by atoms with Gasteiger partial charge < -0.3 is 15.0 Å². The number of anilines is 1. The molecule has 2 aromatic carbocycles. The van der Waals surface area contributed by atoms with Crippen molar-refractivity contribution in [3.63, 3.8) is 0 Å². The van der Waals surface area contributed by atoms with Gasteiger partial charge in [-0.15, -0.1) is 11.3 Å². The van der Waals surface area contributed by atoms with Crippen LogP contribution in [0.1, 0.15) is 16.1 Å². The van der Waals surface area contributed by atoms with Crippen LogP contribution in [0.4, 0.5) is 5.69 Å². The summed E-state index contributed by atoms with van der Waals surface area (Å²) >= 11 is 1.49. The number of piperazine rings is 1. The standard InChI is InChI=1S/C22H24N4O4S2/c1-25-8-10-26(11-9-25)32(28,29)21-7-3-5-18(13-21)24-22(27)17-4-2-6-20(12-17)30-14-19-15-31-16-23-19/h2-7,12-13,15-16H,8-11,14H2,1H3,(H,24,27). The number of nitrogens with zero attached hydrogens (tertiary/aromatic N) is 3. The molecular weight excluding hydrogens is 448 g/mol. The molecule has 1 fully saturated rings. The number of ether oxygens (including phenoxy) is 1. The molecule has 0 atom stereocenters. The highest BCUT2D eigenvalue weighted by molar-refractivity contribution is 7.89. The summed E-state index contributed by atoms with van der Waals surface area (Å²) in [6.45, 7) is 2.60. The fourth-order valence-corrected chi connectivity index (χ4v) is 5.32. The first kappa shape index (κ1) is 22.4.